The molecule has 2 aromatic rings. The van der Waals surface area contributed by atoms with Gasteiger partial charge in [0, 0.05) is 17.8 Å². The lowest BCUT2D eigenvalue weighted by Crippen LogP contribution is -2.15. The van der Waals surface area contributed by atoms with Gasteiger partial charge in [0.1, 0.15) is 19.0 Å². The van der Waals surface area contributed by atoms with Gasteiger partial charge in [-0.05, 0) is 18.2 Å². The molecular weight excluding hydrogens is 292 g/mol. The van der Waals surface area contributed by atoms with Gasteiger partial charge < -0.3 is 25.3 Å². The summed E-state index contributed by atoms with van der Waals surface area (Å²) in [6, 6.07) is 9.00. The summed E-state index contributed by atoms with van der Waals surface area (Å²) in [4.78, 5) is 0. The molecule has 0 saturated carbocycles. The highest BCUT2D eigenvalue weighted by atomic mass is 35.5. The molecule has 2 aromatic carbocycles. The van der Waals surface area contributed by atoms with Crippen LogP contribution in [-0.2, 0) is 0 Å². The summed E-state index contributed by atoms with van der Waals surface area (Å²) in [7, 11) is 1.58. The Labute approximate surface area is 127 Å². The van der Waals surface area contributed by atoms with E-state index in [1.54, 1.807) is 25.3 Å². The second-order valence-electron chi connectivity index (χ2n) is 4.56. The molecule has 3 N–H and O–H groups in total. The number of halogens is 1. The van der Waals surface area contributed by atoms with Crippen LogP contribution < -0.4 is 25.3 Å². The van der Waals surface area contributed by atoms with E-state index in [-0.39, 0.29) is 0 Å². The largest absolute Gasteiger partial charge is 0.495 e. The maximum Gasteiger partial charge on any atom is 0.163 e. The van der Waals surface area contributed by atoms with Crippen molar-refractivity contribution in [1.82, 2.24) is 0 Å². The molecule has 1 aliphatic heterocycles. The average Bonchev–Trinajstić information content (AvgIpc) is 2.48. The van der Waals surface area contributed by atoms with Gasteiger partial charge in [0.05, 0.1) is 23.5 Å². The van der Waals surface area contributed by atoms with Gasteiger partial charge in [0.15, 0.2) is 11.5 Å². The molecule has 0 atom stereocenters. The average molecular weight is 307 g/mol. The van der Waals surface area contributed by atoms with Crippen molar-refractivity contribution < 1.29 is 14.2 Å². The zero-order chi connectivity index (χ0) is 14.8. The van der Waals surface area contributed by atoms with Crippen LogP contribution in [0.1, 0.15) is 0 Å². The Kier molecular flexibility index (Phi) is 3.66. The van der Waals surface area contributed by atoms with E-state index in [1.165, 1.54) is 0 Å². The van der Waals surface area contributed by atoms with Crippen molar-refractivity contribution in [1.29, 1.82) is 0 Å². The molecule has 0 saturated heterocycles. The lowest BCUT2D eigenvalue weighted by molar-refractivity contribution is 0.172. The van der Waals surface area contributed by atoms with Crippen LogP contribution in [0.25, 0.3) is 0 Å². The Balaban J connectivity index is 1.89. The minimum atomic E-state index is 0.526. The lowest BCUT2D eigenvalue weighted by Gasteiger charge is -2.20. The number of nitrogens with two attached hydrogens (primary N) is 1. The number of nitrogen functional groups attached to an aromatic ring is 1. The minimum absolute atomic E-state index is 0.526. The Morgan fingerprint density at radius 3 is 2.52 bits per heavy atom. The van der Waals surface area contributed by atoms with Crippen LogP contribution in [0.4, 0.5) is 17.1 Å². The summed E-state index contributed by atoms with van der Waals surface area (Å²) in [5, 5.41) is 3.74. The molecule has 5 nitrogen and oxygen atoms in total. The molecule has 0 bridgehead atoms. The third-order valence-corrected chi connectivity index (χ3v) is 3.44. The number of benzene rings is 2. The first kappa shape index (κ1) is 13.7. The fourth-order valence-corrected chi connectivity index (χ4v) is 2.37. The number of ether oxygens (including phenoxy) is 3. The van der Waals surface area contributed by atoms with Gasteiger partial charge in [0.25, 0.3) is 0 Å². The predicted molar refractivity (Wildman–Crippen MR) is 83.1 cm³/mol. The molecule has 0 radical (unpaired) electrons. The number of hydrogen-bond acceptors (Lipinski definition) is 5. The summed E-state index contributed by atoms with van der Waals surface area (Å²) >= 11 is 6.11. The highest BCUT2D eigenvalue weighted by Crippen LogP contribution is 2.38. The zero-order valence-electron chi connectivity index (χ0n) is 11.5. The normalized spacial score (nSPS) is 12.9. The molecular formula is C15H15ClN2O3. The van der Waals surface area contributed by atoms with Gasteiger partial charge in [-0.1, -0.05) is 11.6 Å². The molecule has 3 rings (SSSR count). The van der Waals surface area contributed by atoms with Crippen LogP contribution in [-0.4, -0.2) is 20.3 Å². The molecule has 0 spiro atoms. The van der Waals surface area contributed by atoms with Gasteiger partial charge in [-0.25, -0.2) is 0 Å². The fraction of sp³-hybridized carbons (Fsp3) is 0.200. The topological polar surface area (TPSA) is 65.7 Å². The maximum atomic E-state index is 6.11. The number of anilines is 3. The van der Waals surface area contributed by atoms with Crippen molar-refractivity contribution >= 4 is 28.7 Å². The van der Waals surface area contributed by atoms with Crippen LogP contribution in [0.3, 0.4) is 0 Å². The van der Waals surface area contributed by atoms with Gasteiger partial charge in [-0.3, -0.25) is 0 Å². The first-order valence-electron chi connectivity index (χ1n) is 6.47. The van der Waals surface area contributed by atoms with Crippen molar-refractivity contribution in [3.63, 3.8) is 0 Å². The number of nitrogens with one attached hydrogen (secondary N) is 1. The number of hydrogen-bond donors (Lipinski definition) is 2. The molecule has 0 aliphatic carbocycles. The monoisotopic (exact) mass is 306 g/mol. The van der Waals surface area contributed by atoms with Crippen molar-refractivity contribution in [3.8, 4) is 17.2 Å². The highest BCUT2D eigenvalue weighted by molar-refractivity contribution is 6.32. The number of fused-ring (bicyclic) bond motifs is 1. The van der Waals surface area contributed by atoms with E-state index in [1.807, 2.05) is 12.1 Å². The molecule has 0 aromatic heterocycles. The van der Waals surface area contributed by atoms with Gasteiger partial charge in [-0.15, -0.1) is 0 Å². The van der Waals surface area contributed by atoms with E-state index < -0.39 is 0 Å². The molecule has 21 heavy (non-hydrogen) atoms. The van der Waals surface area contributed by atoms with E-state index in [9.17, 15) is 0 Å². The van der Waals surface area contributed by atoms with Crippen molar-refractivity contribution in [2.75, 3.05) is 31.4 Å². The SMILES string of the molecule is COc1ccc(Nc2cc3c(cc2N)OCCO3)cc1Cl. The second-order valence-corrected chi connectivity index (χ2v) is 4.96. The van der Waals surface area contributed by atoms with Gasteiger partial charge in [-0.2, -0.15) is 0 Å². The number of rotatable bonds is 3. The first-order chi connectivity index (χ1) is 10.2. The molecule has 110 valence electrons. The Morgan fingerprint density at radius 1 is 1.14 bits per heavy atom. The fourth-order valence-electron chi connectivity index (χ4n) is 2.11. The highest BCUT2D eigenvalue weighted by Gasteiger charge is 2.15. The Bertz CT molecular complexity index is 676. The van der Waals surface area contributed by atoms with Crippen molar-refractivity contribution in [2.24, 2.45) is 0 Å². The molecule has 6 heteroatoms. The standard InChI is InChI=1S/C15H15ClN2O3/c1-19-13-3-2-9(6-10(13)16)18-12-8-15-14(7-11(12)17)20-4-5-21-15/h2-3,6-8,18H,4-5,17H2,1H3. The third kappa shape index (κ3) is 2.78. The first-order valence-corrected chi connectivity index (χ1v) is 6.85. The predicted octanol–water partition coefficient (Wildman–Crippen LogP) is 3.45. The lowest BCUT2D eigenvalue weighted by atomic mass is 10.2. The van der Waals surface area contributed by atoms with Crippen molar-refractivity contribution in [3.05, 3.63) is 35.4 Å². The summed E-state index contributed by atoms with van der Waals surface area (Å²) < 4.78 is 16.2. The van der Waals surface area contributed by atoms with Crippen LogP contribution in [0.2, 0.25) is 5.02 Å². The second kappa shape index (κ2) is 5.61. The van der Waals surface area contributed by atoms with Gasteiger partial charge in [0.2, 0.25) is 0 Å². The quantitative estimate of drug-likeness (QED) is 0.850. The molecule has 0 unspecified atom stereocenters. The van der Waals surface area contributed by atoms with E-state index in [2.05, 4.69) is 5.32 Å². The Morgan fingerprint density at radius 2 is 1.86 bits per heavy atom. The third-order valence-electron chi connectivity index (χ3n) is 3.15. The van der Waals surface area contributed by atoms with Gasteiger partial charge >= 0.3 is 0 Å². The minimum Gasteiger partial charge on any atom is -0.495 e. The summed E-state index contributed by atoms with van der Waals surface area (Å²) in [6.07, 6.45) is 0. The van der Waals surface area contributed by atoms with E-state index >= 15 is 0 Å². The van der Waals surface area contributed by atoms with E-state index in [4.69, 9.17) is 31.5 Å². The van der Waals surface area contributed by atoms with Crippen LogP contribution in [0.15, 0.2) is 30.3 Å². The summed E-state index contributed by atoms with van der Waals surface area (Å²) in [5.74, 6) is 1.96. The van der Waals surface area contributed by atoms with Crippen LogP contribution in [0.5, 0.6) is 17.2 Å². The number of methoxy groups -OCH3 is 1. The van der Waals surface area contributed by atoms with Crippen LogP contribution in [0, 0.1) is 0 Å². The maximum absolute atomic E-state index is 6.11. The summed E-state index contributed by atoms with van der Waals surface area (Å²) in [6.45, 7) is 1.07. The summed E-state index contributed by atoms with van der Waals surface area (Å²) in [5.41, 5.74) is 8.15. The van der Waals surface area contributed by atoms with E-state index in [0.29, 0.717) is 41.2 Å². The Hall–Kier alpha value is -2.27. The molecule has 1 aliphatic rings. The molecule has 0 fully saturated rings. The zero-order valence-corrected chi connectivity index (χ0v) is 12.2. The van der Waals surface area contributed by atoms with Crippen LogP contribution >= 0.6 is 11.6 Å². The van der Waals surface area contributed by atoms with Crippen molar-refractivity contribution in [2.45, 2.75) is 0 Å². The van der Waals surface area contributed by atoms with E-state index in [0.717, 1.165) is 11.4 Å². The molecule has 1 heterocycles. The smallest absolute Gasteiger partial charge is 0.163 e. The molecule has 0 amide bonds.